The van der Waals surface area contributed by atoms with Crippen LogP contribution in [0.3, 0.4) is 0 Å². The number of ether oxygens (including phenoxy) is 1. The molecule has 0 aliphatic carbocycles. The van der Waals surface area contributed by atoms with Gasteiger partial charge in [-0.25, -0.2) is 4.39 Å². The lowest BCUT2D eigenvalue weighted by atomic mass is 9.82. The average molecular weight is 347 g/mol. The van der Waals surface area contributed by atoms with Crippen molar-refractivity contribution in [1.82, 2.24) is 5.43 Å². The van der Waals surface area contributed by atoms with Gasteiger partial charge in [0, 0.05) is 11.1 Å². The van der Waals surface area contributed by atoms with Crippen molar-refractivity contribution in [2.24, 2.45) is 11.3 Å². The maximum Gasteiger partial charge on any atom is 0.126 e. The Labute approximate surface area is 129 Å². The van der Waals surface area contributed by atoms with Gasteiger partial charge < -0.3 is 4.74 Å². The summed E-state index contributed by atoms with van der Waals surface area (Å²) in [4.78, 5) is 0. The normalized spacial score (nSPS) is 15.2. The van der Waals surface area contributed by atoms with Crippen molar-refractivity contribution in [3.05, 3.63) is 34.1 Å². The van der Waals surface area contributed by atoms with Crippen molar-refractivity contribution >= 4 is 15.9 Å². The number of halogens is 2. The van der Waals surface area contributed by atoms with Gasteiger partial charge in [0.25, 0.3) is 0 Å². The van der Waals surface area contributed by atoms with Crippen LogP contribution in [0.4, 0.5) is 4.39 Å². The summed E-state index contributed by atoms with van der Waals surface area (Å²) in [5.41, 5.74) is 3.32. The van der Waals surface area contributed by atoms with Crippen LogP contribution in [-0.2, 0) is 11.2 Å². The van der Waals surface area contributed by atoms with Gasteiger partial charge >= 0.3 is 0 Å². The molecule has 0 aliphatic heterocycles. The molecule has 1 aromatic carbocycles. The van der Waals surface area contributed by atoms with E-state index in [2.05, 4.69) is 42.1 Å². The van der Waals surface area contributed by atoms with Crippen molar-refractivity contribution < 1.29 is 9.13 Å². The smallest absolute Gasteiger partial charge is 0.126 e. The highest BCUT2D eigenvalue weighted by Gasteiger charge is 2.33. The standard InChI is InChI=1S/C15H24BrFN2O/c1-5-20-14(15(2,3)4)13(19-18)9-10-8-11(16)6-7-12(10)17/h6-8,13-14,19H,5,9,18H2,1-4H3. The van der Waals surface area contributed by atoms with Crippen LogP contribution < -0.4 is 11.3 Å². The topological polar surface area (TPSA) is 47.3 Å². The fraction of sp³-hybridized carbons (Fsp3) is 0.600. The van der Waals surface area contributed by atoms with E-state index in [1.807, 2.05) is 6.92 Å². The molecule has 0 aromatic heterocycles. The van der Waals surface area contributed by atoms with Crippen LogP contribution in [-0.4, -0.2) is 18.8 Å². The summed E-state index contributed by atoms with van der Waals surface area (Å²) in [5, 5.41) is 0. The van der Waals surface area contributed by atoms with Gasteiger partial charge in [-0.1, -0.05) is 36.7 Å². The Morgan fingerprint density at radius 2 is 2.05 bits per heavy atom. The molecular weight excluding hydrogens is 323 g/mol. The number of nitrogens with two attached hydrogens (primary N) is 1. The monoisotopic (exact) mass is 346 g/mol. The number of hydrogen-bond donors (Lipinski definition) is 2. The highest BCUT2D eigenvalue weighted by atomic mass is 79.9. The first-order valence-corrected chi connectivity index (χ1v) is 7.60. The molecule has 0 saturated heterocycles. The van der Waals surface area contributed by atoms with Crippen molar-refractivity contribution in [2.45, 2.75) is 46.3 Å². The summed E-state index contributed by atoms with van der Waals surface area (Å²) < 4.78 is 20.6. The first-order valence-electron chi connectivity index (χ1n) is 6.81. The van der Waals surface area contributed by atoms with Crippen LogP contribution in [0.15, 0.2) is 22.7 Å². The predicted molar refractivity (Wildman–Crippen MR) is 83.8 cm³/mol. The van der Waals surface area contributed by atoms with Crippen molar-refractivity contribution in [3.8, 4) is 0 Å². The Hall–Kier alpha value is -0.490. The van der Waals surface area contributed by atoms with Gasteiger partial charge in [-0.15, -0.1) is 0 Å². The first kappa shape index (κ1) is 17.6. The lowest BCUT2D eigenvalue weighted by molar-refractivity contribution is -0.0357. The van der Waals surface area contributed by atoms with Gasteiger partial charge in [-0.2, -0.15) is 0 Å². The van der Waals surface area contributed by atoms with Crippen LogP contribution in [0.1, 0.15) is 33.3 Å². The highest BCUT2D eigenvalue weighted by molar-refractivity contribution is 9.10. The summed E-state index contributed by atoms with van der Waals surface area (Å²) in [7, 11) is 0. The quantitative estimate of drug-likeness (QED) is 0.612. The van der Waals surface area contributed by atoms with Crippen molar-refractivity contribution in [3.63, 3.8) is 0 Å². The molecule has 0 radical (unpaired) electrons. The fourth-order valence-corrected chi connectivity index (χ4v) is 2.75. The minimum atomic E-state index is -0.224. The molecule has 0 bridgehead atoms. The Balaban J connectivity index is 2.97. The van der Waals surface area contributed by atoms with E-state index in [0.29, 0.717) is 18.6 Å². The SMILES string of the molecule is CCOC(C(Cc1cc(Br)ccc1F)NN)C(C)(C)C. The second-order valence-electron chi connectivity index (χ2n) is 5.95. The van der Waals surface area contributed by atoms with Gasteiger partial charge in [0.2, 0.25) is 0 Å². The predicted octanol–water partition coefficient (Wildman–Crippen LogP) is 3.41. The Bertz CT molecular complexity index is 434. The van der Waals surface area contributed by atoms with Gasteiger partial charge in [-0.05, 0) is 42.5 Å². The minimum absolute atomic E-state index is 0.0878. The van der Waals surface area contributed by atoms with Crippen LogP contribution in [0, 0.1) is 11.2 Å². The number of benzene rings is 1. The van der Waals surface area contributed by atoms with E-state index in [-0.39, 0.29) is 23.4 Å². The first-order chi connectivity index (χ1) is 9.29. The Morgan fingerprint density at radius 3 is 2.55 bits per heavy atom. The maximum absolute atomic E-state index is 13.9. The molecule has 0 aliphatic rings. The Morgan fingerprint density at radius 1 is 1.40 bits per heavy atom. The minimum Gasteiger partial charge on any atom is -0.376 e. The van der Waals surface area contributed by atoms with Crippen molar-refractivity contribution in [2.75, 3.05) is 6.61 Å². The molecule has 0 amide bonds. The van der Waals surface area contributed by atoms with Gasteiger partial charge in [-0.3, -0.25) is 11.3 Å². The molecule has 0 spiro atoms. The van der Waals surface area contributed by atoms with Crippen molar-refractivity contribution in [1.29, 1.82) is 0 Å². The molecule has 0 saturated carbocycles. The van der Waals surface area contributed by atoms with E-state index in [1.165, 1.54) is 6.07 Å². The third-order valence-electron chi connectivity index (χ3n) is 3.23. The highest BCUT2D eigenvalue weighted by Crippen LogP contribution is 2.27. The van der Waals surface area contributed by atoms with E-state index < -0.39 is 0 Å². The molecule has 5 heteroatoms. The molecule has 1 aromatic rings. The van der Waals surface area contributed by atoms with E-state index in [0.717, 1.165) is 4.47 Å². The summed E-state index contributed by atoms with van der Waals surface area (Å²) >= 11 is 3.37. The van der Waals surface area contributed by atoms with Crippen LogP contribution in [0.2, 0.25) is 0 Å². The summed E-state index contributed by atoms with van der Waals surface area (Å²) in [6.45, 7) is 8.83. The van der Waals surface area contributed by atoms with Crippen LogP contribution >= 0.6 is 15.9 Å². The lowest BCUT2D eigenvalue weighted by Gasteiger charge is -2.36. The number of hydrogen-bond acceptors (Lipinski definition) is 3. The number of hydrazine groups is 1. The zero-order valence-electron chi connectivity index (χ0n) is 12.5. The lowest BCUT2D eigenvalue weighted by Crippen LogP contribution is -2.52. The molecular formula is C15H24BrFN2O. The zero-order valence-corrected chi connectivity index (χ0v) is 14.1. The third-order valence-corrected chi connectivity index (χ3v) is 3.72. The number of rotatable bonds is 6. The van der Waals surface area contributed by atoms with Crippen LogP contribution in [0.25, 0.3) is 0 Å². The van der Waals surface area contributed by atoms with E-state index in [1.54, 1.807) is 12.1 Å². The molecule has 1 rings (SSSR count). The van der Waals surface area contributed by atoms with Gasteiger partial charge in [0.1, 0.15) is 5.82 Å². The molecule has 3 nitrogen and oxygen atoms in total. The second kappa shape index (κ2) is 7.50. The molecule has 3 N–H and O–H groups in total. The zero-order chi connectivity index (χ0) is 15.3. The van der Waals surface area contributed by atoms with E-state index >= 15 is 0 Å². The van der Waals surface area contributed by atoms with Crippen LogP contribution in [0.5, 0.6) is 0 Å². The summed E-state index contributed by atoms with van der Waals surface area (Å²) in [5.74, 6) is 5.45. The third kappa shape index (κ3) is 4.81. The molecule has 20 heavy (non-hydrogen) atoms. The Kier molecular flexibility index (Phi) is 6.58. The second-order valence-corrected chi connectivity index (χ2v) is 6.87. The fourth-order valence-electron chi connectivity index (χ4n) is 2.34. The van der Waals surface area contributed by atoms with Gasteiger partial charge in [0.05, 0.1) is 12.1 Å². The average Bonchev–Trinajstić information content (AvgIpc) is 2.36. The van der Waals surface area contributed by atoms with E-state index in [9.17, 15) is 4.39 Å². The van der Waals surface area contributed by atoms with E-state index in [4.69, 9.17) is 10.6 Å². The molecule has 2 atom stereocenters. The molecule has 0 fully saturated rings. The maximum atomic E-state index is 13.9. The molecule has 2 unspecified atom stereocenters. The summed E-state index contributed by atoms with van der Waals surface area (Å²) in [6, 6.07) is 4.78. The molecule has 0 heterocycles. The van der Waals surface area contributed by atoms with Gasteiger partial charge in [0.15, 0.2) is 0 Å². The summed E-state index contributed by atoms with van der Waals surface area (Å²) in [6.07, 6.45) is 0.375. The molecule has 114 valence electrons. The largest absolute Gasteiger partial charge is 0.376 e. The number of nitrogens with one attached hydrogen (secondary N) is 1.